The van der Waals surface area contributed by atoms with E-state index in [0.717, 1.165) is 36.1 Å². The second kappa shape index (κ2) is 10.2. The number of carbonyl (C=O) groups is 1. The first-order valence-electron chi connectivity index (χ1n) is 10.5. The van der Waals surface area contributed by atoms with Crippen molar-refractivity contribution in [2.45, 2.75) is 43.9 Å². The third kappa shape index (κ3) is 5.57. The second-order valence-electron chi connectivity index (χ2n) is 7.68. The first kappa shape index (κ1) is 23.1. The molecule has 0 unspecified atom stereocenters. The maximum Gasteiger partial charge on any atom is 0.246 e. The largest absolute Gasteiger partial charge is 0.496 e. The van der Waals surface area contributed by atoms with Crippen molar-refractivity contribution in [2.75, 3.05) is 32.6 Å². The van der Waals surface area contributed by atoms with E-state index in [2.05, 4.69) is 5.32 Å². The van der Waals surface area contributed by atoms with Gasteiger partial charge in [-0.15, -0.1) is 0 Å². The molecule has 1 amide bonds. The summed E-state index contributed by atoms with van der Waals surface area (Å²) in [7, 11) is -0.611. The van der Waals surface area contributed by atoms with Gasteiger partial charge in [-0.3, -0.25) is 4.79 Å². The molecule has 1 fully saturated rings. The Morgan fingerprint density at radius 2 is 1.68 bits per heavy atom. The van der Waals surface area contributed by atoms with E-state index >= 15 is 0 Å². The van der Waals surface area contributed by atoms with E-state index in [-0.39, 0.29) is 23.0 Å². The quantitative estimate of drug-likeness (QED) is 0.667. The Morgan fingerprint density at radius 3 is 2.32 bits per heavy atom. The molecular weight excluding hydrogens is 416 g/mol. The van der Waals surface area contributed by atoms with Gasteiger partial charge >= 0.3 is 0 Å². The second-order valence-corrected chi connectivity index (χ2v) is 9.59. The number of nitrogens with one attached hydrogen (secondary N) is 1. The summed E-state index contributed by atoms with van der Waals surface area (Å²) >= 11 is 0. The molecule has 1 aliphatic heterocycles. The number of ether oxygens (including phenoxy) is 2. The van der Waals surface area contributed by atoms with E-state index in [1.54, 1.807) is 19.2 Å². The molecule has 1 heterocycles. The average molecular weight is 447 g/mol. The molecule has 31 heavy (non-hydrogen) atoms. The molecule has 0 atom stereocenters. The molecule has 0 radical (unpaired) electrons. The van der Waals surface area contributed by atoms with Gasteiger partial charge in [-0.05, 0) is 61.6 Å². The van der Waals surface area contributed by atoms with E-state index in [4.69, 9.17) is 9.47 Å². The van der Waals surface area contributed by atoms with Gasteiger partial charge in [0.15, 0.2) is 0 Å². The van der Waals surface area contributed by atoms with Crippen molar-refractivity contribution in [3.8, 4) is 11.5 Å². The minimum Gasteiger partial charge on any atom is -0.496 e. The van der Waals surface area contributed by atoms with Crippen LogP contribution in [0.25, 0.3) is 0 Å². The lowest BCUT2D eigenvalue weighted by molar-refractivity contribution is -0.116. The molecule has 2 aromatic carbocycles. The maximum absolute atomic E-state index is 13.1. The number of anilines is 1. The number of sulfonamides is 1. The molecule has 0 saturated carbocycles. The zero-order chi connectivity index (χ0) is 22.4. The number of carbonyl (C=O) groups excluding carboxylic acids is 1. The third-order valence-electron chi connectivity index (χ3n) is 5.48. The number of aryl methyl sites for hydroxylation is 2. The normalized spacial score (nSPS) is 14.8. The SMILES string of the molecule is COc1ccc(CCC(=O)Nc2ccc(OC)c(S(=O)(=O)N3CCCCC3)c2)cc1C. The van der Waals surface area contributed by atoms with Crippen LogP contribution in [0, 0.1) is 6.92 Å². The topological polar surface area (TPSA) is 84.9 Å². The highest BCUT2D eigenvalue weighted by Gasteiger charge is 2.29. The van der Waals surface area contributed by atoms with Crippen molar-refractivity contribution >= 4 is 21.6 Å². The number of benzene rings is 2. The van der Waals surface area contributed by atoms with Crippen molar-refractivity contribution in [1.82, 2.24) is 4.31 Å². The molecule has 2 aromatic rings. The third-order valence-corrected chi connectivity index (χ3v) is 7.40. The predicted molar refractivity (Wildman–Crippen MR) is 120 cm³/mol. The summed E-state index contributed by atoms with van der Waals surface area (Å²) in [5.74, 6) is 0.908. The van der Waals surface area contributed by atoms with Crippen LogP contribution in [0.3, 0.4) is 0 Å². The van der Waals surface area contributed by atoms with Crippen LogP contribution in [0.5, 0.6) is 11.5 Å². The number of hydrogen-bond donors (Lipinski definition) is 1. The maximum atomic E-state index is 13.1. The number of piperidine rings is 1. The van der Waals surface area contributed by atoms with Crippen molar-refractivity contribution in [2.24, 2.45) is 0 Å². The molecule has 168 valence electrons. The number of amides is 1. The van der Waals surface area contributed by atoms with Crippen molar-refractivity contribution in [3.63, 3.8) is 0 Å². The fraction of sp³-hybridized carbons (Fsp3) is 0.435. The van der Waals surface area contributed by atoms with Crippen molar-refractivity contribution in [3.05, 3.63) is 47.5 Å². The van der Waals surface area contributed by atoms with Crippen LogP contribution in [0.1, 0.15) is 36.8 Å². The number of methoxy groups -OCH3 is 2. The van der Waals surface area contributed by atoms with Gasteiger partial charge in [0.1, 0.15) is 16.4 Å². The first-order chi connectivity index (χ1) is 14.8. The van der Waals surface area contributed by atoms with Crippen LogP contribution >= 0.6 is 0 Å². The van der Waals surface area contributed by atoms with E-state index < -0.39 is 10.0 Å². The smallest absolute Gasteiger partial charge is 0.246 e. The highest BCUT2D eigenvalue weighted by molar-refractivity contribution is 7.89. The summed E-state index contributed by atoms with van der Waals surface area (Å²) in [5.41, 5.74) is 2.49. The minimum absolute atomic E-state index is 0.0838. The average Bonchev–Trinajstić information content (AvgIpc) is 2.78. The molecule has 1 saturated heterocycles. The standard InChI is InChI=1S/C23H30N2O5S/c1-17-15-18(7-10-20(17)29-2)8-12-23(26)24-19-9-11-21(30-3)22(16-19)31(27,28)25-13-5-4-6-14-25/h7,9-11,15-16H,4-6,8,12-14H2,1-3H3,(H,24,26). The Bertz CT molecular complexity index is 1030. The van der Waals surface area contributed by atoms with Gasteiger partial charge in [-0.1, -0.05) is 18.6 Å². The zero-order valence-corrected chi connectivity index (χ0v) is 19.1. The van der Waals surface area contributed by atoms with Crippen LogP contribution in [-0.4, -0.2) is 45.9 Å². The molecule has 0 spiro atoms. The fourth-order valence-corrected chi connectivity index (χ4v) is 5.48. The lowest BCUT2D eigenvalue weighted by Gasteiger charge is -2.26. The lowest BCUT2D eigenvalue weighted by atomic mass is 10.1. The van der Waals surface area contributed by atoms with E-state index in [0.29, 0.717) is 25.2 Å². The zero-order valence-electron chi connectivity index (χ0n) is 18.3. The Morgan fingerprint density at radius 1 is 1.00 bits per heavy atom. The van der Waals surface area contributed by atoms with Gasteiger partial charge in [0, 0.05) is 25.2 Å². The van der Waals surface area contributed by atoms with Gasteiger partial charge in [0.25, 0.3) is 0 Å². The van der Waals surface area contributed by atoms with Gasteiger partial charge in [0.05, 0.1) is 14.2 Å². The minimum atomic E-state index is -3.68. The molecule has 0 bridgehead atoms. The van der Waals surface area contributed by atoms with Crippen LogP contribution in [0.2, 0.25) is 0 Å². The molecule has 1 N–H and O–H groups in total. The number of rotatable bonds is 8. The van der Waals surface area contributed by atoms with Crippen LogP contribution in [-0.2, 0) is 21.2 Å². The summed E-state index contributed by atoms with van der Waals surface area (Å²) in [5, 5.41) is 2.81. The summed E-state index contributed by atoms with van der Waals surface area (Å²) < 4.78 is 38.3. The molecular formula is C23H30N2O5S. The molecule has 3 rings (SSSR count). The highest BCUT2D eigenvalue weighted by atomic mass is 32.2. The Hall–Kier alpha value is -2.58. The van der Waals surface area contributed by atoms with Crippen LogP contribution in [0.4, 0.5) is 5.69 Å². The van der Waals surface area contributed by atoms with E-state index in [1.807, 2.05) is 25.1 Å². The number of hydrogen-bond acceptors (Lipinski definition) is 5. The van der Waals surface area contributed by atoms with Gasteiger partial charge in [-0.25, -0.2) is 8.42 Å². The molecule has 0 aromatic heterocycles. The Labute approximate surface area is 184 Å². The van der Waals surface area contributed by atoms with Crippen LogP contribution < -0.4 is 14.8 Å². The van der Waals surface area contributed by atoms with E-state index in [1.165, 1.54) is 17.5 Å². The Kier molecular flexibility index (Phi) is 7.56. The molecule has 1 aliphatic rings. The number of nitrogens with zero attached hydrogens (tertiary/aromatic N) is 1. The molecule has 8 heteroatoms. The van der Waals surface area contributed by atoms with Gasteiger partial charge in [0.2, 0.25) is 15.9 Å². The first-order valence-corrected chi connectivity index (χ1v) is 11.9. The van der Waals surface area contributed by atoms with Gasteiger partial charge in [-0.2, -0.15) is 4.31 Å². The van der Waals surface area contributed by atoms with Crippen LogP contribution in [0.15, 0.2) is 41.3 Å². The summed E-state index contributed by atoms with van der Waals surface area (Å²) in [6, 6.07) is 10.6. The van der Waals surface area contributed by atoms with Gasteiger partial charge < -0.3 is 14.8 Å². The lowest BCUT2D eigenvalue weighted by Crippen LogP contribution is -2.35. The summed E-state index contributed by atoms with van der Waals surface area (Å²) in [6.45, 7) is 2.97. The molecule has 0 aliphatic carbocycles. The fourth-order valence-electron chi connectivity index (χ4n) is 3.78. The summed E-state index contributed by atoms with van der Waals surface area (Å²) in [6.07, 6.45) is 3.59. The van der Waals surface area contributed by atoms with Crippen molar-refractivity contribution in [1.29, 1.82) is 0 Å². The predicted octanol–water partition coefficient (Wildman–Crippen LogP) is 3.76. The monoisotopic (exact) mass is 446 g/mol. The summed E-state index contributed by atoms with van der Waals surface area (Å²) in [4.78, 5) is 12.6. The van der Waals surface area contributed by atoms with Crippen molar-refractivity contribution < 1.29 is 22.7 Å². The highest BCUT2D eigenvalue weighted by Crippen LogP contribution is 2.31. The Balaban J connectivity index is 1.70. The molecule has 7 nitrogen and oxygen atoms in total. The van der Waals surface area contributed by atoms with E-state index in [9.17, 15) is 13.2 Å².